The number of nitrogens with zero attached hydrogens (tertiary/aromatic N) is 3. The van der Waals surface area contributed by atoms with Crippen LogP contribution >= 0.6 is 0 Å². The van der Waals surface area contributed by atoms with E-state index in [-0.39, 0.29) is 23.4 Å². The first-order valence-corrected chi connectivity index (χ1v) is 8.45. The summed E-state index contributed by atoms with van der Waals surface area (Å²) in [6.07, 6.45) is 2.73. The molecule has 1 aliphatic rings. The summed E-state index contributed by atoms with van der Waals surface area (Å²) in [6, 6.07) is 3.15. The smallest absolute Gasteiger partial charge is 0.277 e. The number of likely N-dealkylation sites (tertiary alicyclic amines) is 1. The van der Waals surface area contributed by atoms with E-state index in [1.54, 1.807) is 4.90 Å². The third-order valence-electron chi connectivity index (χ3n) is 4.82. The number of nitro benzene ring substituents is 2. The summed E-state index contributed by atoms with van der Waals surface area (Å²) < 4.78 is 0. The van der Waals surface area contributed by atoms with E-state index in [0.717, 1.165) is 37.5 Å². The minimum atomic E-state index is -0.714. The molecule has 0 aliphatic carbocycles. The number of benzene rings is 1. The molecule has 25 heavy (non-hydrogen) atoms. The molecule has 1 aromatic carbocycles. The van der Waals surface area contributed by atoms with Crippen molar-refractivity contribution in [2.45, 2.75) is 46.1 Å². The fraction of sp³-hybridized carbons (Fsp3) is 0.588. The Kier molecular flexibility index (Phi) is 5.71. The molecule has 136 valence electrons. The van der Waals surface area contributed by atoms with Gasteiger partial charge in [-0.1, -0.05) is 20.8 Å². The van der Waals surface area contributed by atoms with Crippen LogP contribution in [0.4, 0.5) is 11.4 Å². The quantitative estimate of drug-likeness (QED) is 0.607. The van der Waals surface area contributed by atoms with Crippen LogP contribution in [0.3, 0.4) is 0 Å². The van der Waals surface area contributed by atoms with Crippen LogP contribution in [0.5, 0.6) is 0 Å². The fourth-order valence-corrected chi connectivity index (χ4v) is 3.32. The molecule has 0 N–H and O–H groups in total. The monoisotopic (exact) mass is 349 g/mol. The van der Waals surface area contributed by atoms with Crippen LogP contribution in [0.1, 0.15) is 50.4 Å². The van der Waals surface area contributed by atoms with Crippen molar-refractivity contribution in [2.75, 3.05) is 6.54 Å². The van der Waals surface area contributed by atoms with Gasteiger partial charge in [-0.3, -0.25) is 25.0 Å². The first kappa shape index (κ1) is 18.8. The Hall–Kier alpha value is -2.51. The summed E-state index contributed by atoms with van der Waals surface area (Å²) in [5.41, 5.74) is -0.884. The van der Waals surface area contributed by atoms with Crippen LogP contribution in [0.2, 0.25) is 0 Å². The van der Waals surface area contributed by atoms with Crippen molar-refractivity contribution in [2.24, 2.45) is 11.8 Å². The number of carbonyl (C=O) groups excluding carboxylic acids is 1. The normalized spacial score (nSPS) is 21.0. The van der Waals surface area contributed by atoms with Crippen molar-refractivity contribution in [1.29, 1.82) is 0 Å². The maximum atomic E-state index is 13.0. The van der Waals surface area contributed by atoms with Crippen molar-refractivity contribution in [3.63, 3.8) is 0 Å². The molecule has 2 unspecified atom stereocenters. The summed E-state index contributed by atoms with van der Waals surface area (Å²) >= 11 is 0. The SMILES string of the molecule is CC1CCC(C(C)C)N(C(=O)c2cc([N+](=O)[O-])cc([N+](=O)[O-])c2)CC1. The van der Waals surface area contributed by atoms with Gasteiger partial charge in [-0.15, -0.1) is 0 Å². The Morgan fingerprint density at radius 1 is 1.08 bits per heavy atom. The molecule has 1 fully saturated rings. The van der Waals surface area contributed by atoms with Crippen LogP contribution in [-0.2, 0) is 0 Å². The van der Waals surface area contributed by atoms with E-state index in [1.165, 1.54) is 0 Å². The van der Waals surface area contributed by atoms with Crippen LogP contribution in [0.15, 0.2) is 18.2 Å². The third-order valence-corrected chi connectivity index (χ3v) is 4.82. The predicted octanol–water partition coefficient (Wildman–Crippen LogP) is 3.79. The second-order valence-corrected chi connectivity index (χ2v) is 7.03. The zero-order valence-corrected chi connectivity index (χ0v) is 14.7. The van der Waals surface area contributed by atoms with Gasteiger partial charge in [0.2, 0.25) is 0 Å². The lowest BCUT2D eigenvalue weighted by Gasteiger charge is -2.33. The van der Waals surface area contributed by atoms with Crippen LogP contribution in [0, 0.1) is 32.1 Å². The molecule has 1 aliphatic heterocycles. The van der Waals surface area contributed by atoms with Gasteiger partial charge in [0.25, 0.3) is 17.3 Å². The molecule has 0 bridgehead atoms. The van der Waals surface area contributed by atoms with E-state index in [9.17, 15) is 25.0 Å². The number of hydrogen-bond donors (Lipinski definition) is 0. The Morgan fingerprint density at radius 2 is 1.64 bits per heavy atom. The average Bonchev–Trinajstić information content (AvgIpc) is 2.75. The van der Waals surface area contributed by atoms with Gasteiger partial charge in [0.15, 0.2) is 0 Å². The number of non-ortho nitro benzene ring substituents is 2. The van der Waals surface area contributed by atoms with Crippen LogP contribution < -0.4 is 0 Å². The van der Waals surface area contributed by atoms with Crippen molar-refractivity contribution >= 4 is 17.3 Å². The van der Waals surface area contributed by atoms with Gasteiger partial charge in [0.1, 0.15) is 0 Å². The van der Waals surface area contributed by atoms with Gasteiger partial charge in [0.05, 0.1) is 21.5 Å². The minimum Gasteiger partial charge on any atom is -0.335 e. The summed E-state index contributed by atoms with van der Waals surface area (Å²) in [5.74, 6) is 0.362. The van der Waals surface area contributed by atoms with E-state index >= 15 is 0 Å². The van der Waals surface area contributed by atoms with Gasteiger partial charge >= 0.3 is 0 Å². The molecule has 2 rings (SSSR count). The molecule has 0 spiro atoms. The van der Waals surface area contributed by atoms with Gasteiger partial charge in [-0.2, -0.15) is 0 Å². The molecular weight excluding hydrogens is 326 g/mol. The van der Waals surface area contributed by atoms with E-state index in [1.807, 2.05) is 13.8 Å². The third kappa shape index (κ3) is 4.32. The highest BCUT2D eigenvalue weighted by Gasteiger charge is 2.31. The van der Waals surface area contributed by atoms with Gasteiger partial charge in [-0.25, -0.2) is 0 Å². The first-order chi connectivity index (χ1) is 11.7. The van der Waals surface area contributed by atoms with Crippen molar-refractivity contribution in [1.82, 2.24) is 4.90 Å². The molecule has 2 atom stereocenters. The Morgan fingerprint density at radius 3 is 2.12 bits per heavy atom. The van der Waals surface area contributed by atoms with E-state index in [0.29, 0.717) is 12.5 Å². The Bertz CT molecular complexity index is 657. The highest BCUT2D eigenvalue weighted by molar-refractivity contribution is 5.96. The highest BCUT2D eigenvalue weighted by Crippen LogP contribution is 2.29. The molecule has 8 nitrogen and oxygen atoms in total. The summed E-state index contributed by atoms with van der Waals surface area (Å²) in [5, 5.41) is 22.1. The maximum Gasteiger partial charge on any atom is 0.277 e. The van der Waals surface area contributed by atoms with E-state index in [2.05, 4.69) is 6.92 Å². The molecular formula is C17H23N3O5. The lowest BCUT2D eigenvalue weighted by molar-refractivity contribution is -0.394. The van der Waals surface area contributed by atoms with Crippen molar-refractivity contribution in [3.05, 3.63) is 44.0 Å². The number of nitro groups is 2. The second kappa shape index (κ2) is 7.58. The lowest BCUT2D eigenvalue weighted by Crippen LogP contribution is -2.43. The van der Waals surface area contributed by atoms with Crippen molar-refractivity contribution < 1.29 is 14.6 Å². The molecule has 1 heterocycles. The summed E-state index contributed by atoms with van der Waals surface area (Å²) in [7, 11) is 0. The summed E-state index contributed by atoms with van der Waals surface area (Å²) in [4.78, 5) is 35.4. The topological polar surface area (TPSA) is 107 Å². The number of hydrogen-bond acceptors (Lipinski definition) is 5. The van der Waals surface area contributed by atoms with E-state index in [4.69, 9.17) is 0 Å². The Balaban J connectivity index is 2.43. The fourth-order valence-electron chi connectivity index (χ4n) is 3.32. The first-order valence-electron chi connectivity index (χ1n) is 8.45. The predicted molar refractivity (Wildman–Crippen MR) is 92.4 cm³/mol. The summed E-state index contributed by atoms with van der Waals surface area (Å²) in [6.45, 7) is 6.77. The van der Waals surface area contributed by atoms with Gasteiger partial charge in [-0.05, 0) is 31.1 Å². The second-order valence-electron chi connectivity index (χ2n) is 7.03. The number of carbonyl (C=O) groups is 1. The maximum absolute atomic E-state index is 13.0. The minimum absolute atomic E-state index is 0.00102. The highest BCUT2D eigenvalue weighted by atomic mass is 16.6. The average molecular weight is 349 g/mol. The van der Waals surface area contributed by atoms with Gasteiger partial charge in [0, 0.05) is 24.7 Å². The standard InChI is InChI=1S/C17H23N3O5/c1-11(2)16-5-4-12(3)6-7-18(16)17(21)13-8-14(19(22)23)10-15(9-13)20(24)25/h8-12,16H,4-7H2,1-3H3. The van der Waals surface area contributed by atoms with Gasteiger partial charge < -0.3 is 4.90 Å². The molecule has 1 aromatic rings. The largest absolute Gasteiger partial charge is 0.335 e. The van der Waals surface area contributed by atoms with E-state index < -0.39 is 21.2 Å². The molecule has 1 amide bonds. The molecule has 0 aromatic heterocycles. The van der Waals surface area contributed by atoms with Crippen LogP contribution in [-0.4, -0.2) is 33.2 Å². The number of amides is 1. The molecule has 0 radical (unpaired) electrons. The molecule has 0 saturated carbocycles. The lowest BCUT2D eigenvalue weighted by atomic mass is 9.95. The zero-order chi connectivity index (χ0) is 18.7. The zero-order valence-electron chi connectivity index (χ0n) is 14.7. The molecule has 8 heteroatoms. The van der Waals surface area contributed by atoms with Crippen molar-refractivity contribution in [3.8, 4) is 0 Å². The van der Waals surface area contributed by atoms with Crippen LogP contribution in [0.25, 0.3) is 0 Å². The molecule has 1 saturated heterocycles. The number of rotatable bonds is 4. The Labute approximate surface area is 146 Å².